The molecule has 1 heterocycles. The summed E-state index contributed by atoms with van der Waals surface area (Å²) in [5.41, 5.74) is 3.56. The van der Waals surface area contributed by atoms with E-state index >= 15 is 0 Å². The van der Waals surface area contributed by atoms with Crippen molar-refractivity contribution in [2.45, 2.75) is 38.0 Å². The van der Waals surface area contributed by atoms with Crippen molar-refractivity contribution in [3.05, 3.63) is 57.6 Å². The zero-order chi connectivity index (χ0) is 19.0. The highest BCUT2D eigenvalue weighted by Gasteiger charge is 2.34. The van der Waals surface area contributed by atoms with Crippen LogP contribution in [0.1, 0.15) is 48.5 Å². The number of amides is 1. The molecule has 0 bridgehead atoms. The highest BCUT2D eigenvalue weighted by atomic mass is 35.5. The van der Waals surface area contributed by atoms with Crippen LogP contribution in [0.15, 0.2) is 36.4 Å². The second kappa shape index (κ2) is 7.57. The van der Waals surface area contributed by atoms with Crippen molar-refractivity contribution < 1.29 is 4.79 Å². The van der Waals surface area contributed by atoms with Crippen LogP contribution < -0.4 is 9.62 Å². The fraction of sp³-hybridized carbons (Fsp3) is 0.381. The van der Waals surface area contributed by atoms with E-state index in [1.807, 2.05) is 24.3 Å². The lowest BCUT2D eigenvalue weighted by Gasteiger charge is -2.39. The van der Waals surface area contributed by atoms with Crippen LogP contribution in [0, 0.1) is 0 Å². The van der Waals surface area contributed by atoms with Gasteiger partial charge in [0.2, 0.25) is 0 Å². The molecule has 142 valence electrons. The molecule has 1 N–H and O–H groups in total. The Kier molecular flexibility index (Phi) is 5.32. The van der Waals surface area contributed by atoms with Gasteiger partial charge in [0.15, 0.2) is 0 Å². The maximum absolute atomic E-state index is 12.9. The minimum absolute atomic E-state index is 0.162. The molecular formula is C21H22Cl2N2OS. The molecular weight excluding hydrogens is 399 g/mol. The lowest BCUT2D eigenvalue weighted by Crippen LogP contribution is -2.30. The molecule has 3 nitrogen and oxygen atoms in total. The van der Waals surface area contributed by atoms with Crippen molar-refractivity contribution in [2.75, 3.05) is 21.9 Å². The summed E-state index contributed by atoms with van der Waals surface area (Å²) >= 11 is 14.4. The van der Waals surface area contributed by atoms with Crippen molar-refractivity contribution in [3.63, 3.8) is 0 Å². The van der Waals surface area contributed by atoms with Gasteiger partial charge in [0, 0.05) is 28.7 Å². The predicted octanol–water partition coefficient (Wildman–Crippen LogP) is 6.55. The normalized spacial score (nSPS) is 18.3. The number of hydrogen-bond acceptors (Lipinski definition) is 3. The highest BCUT2D eigenvalue weighted by Crippen LogP contribution is 2.44. The second-order valence-corrected chi connectivity index (χ2v) is 9.50. The third-order valence-corrected chi connectivity index (χ3v) is 7.27. The van der Waals surface area contributed by atoms with E-state index < -0.39 is 0 Å². The van der Waals surface area contributed by atoms with Crippen LogP contribution in [0.4, 0.5) is 11.4 Å². The minimum atomic E-state index is -0.210. The third kappa shape index (κ3) is 3.94. The van der Waals surface area contributed by atoms with Crippen LogP contribution in [0.5, 0.6) is 0 Å². The summed E-state index contributed by atoms with van der Waals surface area (Å²) in [6.45, 7) is 3.24. The van der Waals surface area contributed by atoms with Crippen molar-refractivity contribution >= 4 is 52.4 Å². The third-order valence-electron chi connectivity index (χ3n) is 5.54. The number of nitrogens with zero attached hydrogens (tertiary/aromatic N) is 1. The summed E-state index contributed by atoms with van der Waals surface area (Å²) in [6, 6.07) is 11.5. The van der Waals surface area contributed by atoms with Crippen molar-refractivity contribution in [1.82, 2.24) is 0 Å². The van der Waals surface area contributed by atoms with E-state index in [2.05, 4.69) is 16.5 Å². The number of anilines is 2. The topological polar surface area (TPSA) is 32.3 Å². The number of halogens is 2. The van der Waals surface area contributed by atoms with E-state index in [1.54, 1.807) is 24.1 Å². The Bertz CT molecular complexity index is 876. The molecule has 2 aromatic carbocycles. The quantitative estimate of drug-likeness (QED) is 0.569. The summed E-state index contributed by atoms with van der Waals surface area (Å²) in [5, 5.41) is 4.08. The molecule has 2 aromatic rings. The molecule has 27 heavy (non-hydrogen) atoms. The van der Waals surface area contributed by atoms with Crippen molar-refractivity contribution in [3.8, 4) is 0 Å². The van der Waals surface area contributed by atoms with E-state index in [-0.39, 0.29) is 11.3 Å². The lowest BCUT2D eigenvalue weighted by molar-refractivity contribution is 0.102. The van der Waals surface area contributed by atoms with Crippen LogP contribution in [-0.2, 0) is 5.41 Å². The van der Waals surface area contributed by atoms with Gasteiger partial charge in [-0.05, 0) is 78.6 Å². The van der Waals surface area contributed by atoms with Gasteiger partial charge in [-0.15, -0.1) is 0 Å². The lowest BCUT2D eigenvalue weighted by atomic mass is 9.66. The second-order valence-electron chi connectivity index (χ2n) is 7.55. The van der Waals surface area contributed by atoms with E-state index in [0.29, 0.717) is 21.3 Å². The molecule has 1 amide bonds. The summed E-state index contributed by atoms with van der Waals surface area (Å²) in [4.78, 5) is 12.9. The Morgan fingerprint density at radius 3 is 2.63 bits per heavy atom. The minimum Gasteiger partial charge on any atom is -0.322 e. The highest BCUT2D eigenvalue weighted by molar-refractivity contribution is 8.00. The Morgan fingerprint density at radius 1 is 1.15 bits per heavy atom. The smallest absolute Gasteiger partial charge is 0.257 e. The van der Waals surface area contributed by atoms with Gasteiger partial charge in [-0.3, -0.25) is 4.79 Å². The van der Waals surface area contributed by atoms with Gasteiger partial charge in [0.1, 0.15) is 0 Å². The molecule has 0 unspecified atom stereocenters. The zero-order valence-corrected chi connectivity index (χ0v) is 17.6. The van der Waals surface area contributed by atoms with Gasteiger partial charge >= 0.3 is 0 Å². The molecule has 0 atom stereocenters. The molecule has 2 aliphatic rings. The molecule has 2 fully saturated rings. The SMILES string of the molecule is CC1(c2cc(Cl)cc(NC(=O)c3cc(N4CCCS4)ccc3Cl)c2)CCC1. The van der Waals surface area contributed by atoms with Gasteiger partial charge in [-0.2, -0.15) is 0 Å². The van der Waals surface area contributed by atoms with Gasteiger partial charge in [-0.1, -0.05) is 36.5 Å². The molecule has 6 heteroatoms. The van der Waals surface area contributed by atoms with Crippen LogP contribution in [-0.4, -0.2) is 18.2 Å². The first-order chi connectivity index (χ1) is 12.9. The van der Waals surface area contributed by atoms with Crippen LogP contribution in [0.25, 0.3) is 0 Å². The summed E-state index contributed by atoms with van der Waals surface area (Å²) in [5.74, 6) is 0.895. The number of carbonyl (C=O) groups excluding carboxylic acids is 1. The molecule has 4 rings (SSSR count). The van der Waals surface area contributed by atoms with Gasteiger partial charge in [0.25, 0.3) is 5.91 Å². The number of nitrogens with one attached hydrogen (secondary N) is 1. The monoisotopic (exact) mass is 420 g/mol. The van der Waals surface area contributed by atoms with E-state index in [1.165, 1.54) is 12.0 Å². The number of benzene rings is 2. The average Bonchev–Trinajstić information content (AvgIpc) is 3.14. The van der Waals surface area contributed by atoms with E-state index in [4.69, 9.17) is 23.2 Å². The van der Waals surface area contributed by atoms with E-state index in [9.17, 15) is 4.79 Å². The first kappa shape index (κ1) is 19.0. The average molecular weight is 421 g/mol. The first-order valence-corrected chi connectivity index (χ1v) is 11.0. The summed E-state index contributed by atoms with van der Waals surface area (Å²) < 4.78 is 2.21. The molecule has 0 aromatic heterocycles. The number of rotatable bonds is 4. The van der Waals surface area contributed by atoms with Crippen molar-refractivity contribution in [1.29, 1.82) is 0 Å². The molecule has 1 aliphatic heterocycles. The maximum Gasteiger partial charge on any atom is 0.257 e. The van der Waals surface area contributed by atoms with Crippen LogP contribution >= 0.6 is 35.1 Å². The molecule has 0 spiro atoms. The maximum atomic E-state index is 12.9. The summed E-state index contributed by atoms with van der Waals surface area (Å²) in [7, 11) is 0. The largest absolute Gasteiger partial charge is 0.322 e. The Morgan fingerprint density at radius 2 is 1.96 bits per heavy atom. The van der Waals surface area contributed by atoms with Crippen LogP contribution in [0.2, 0.25) is 10.0 Å². The molecule has 1 saturated heterocycles. The van der Waals surface area contributed by atoms with Crippen LogP contribution in [0.3, 0.4) is 0 Å². The summed E-state index contributed by atoms with van der Waals surface area (Å²) in [6.07, 6.45) is 4.70. The fourth-order valence-corrected chi connectivity index (χ4v) is 5.14. The molecule has 0 radical (unpaired) electrons. The van der Waals surface area contributed by atoms with Gasteiger partial charge in [0.05, 0.1) is 10.6 Å². The Balaban J connectivity index is 1.58. The van der Waals surface area contributed by atoms with Gasteiger partial charge in [-0.25, -0.2) is 0 Å². The Hall–Kier alpha value is -1.36. The Labute approximate surface area is 174 Å². The zero-order valence-electron chi connectivity index (χ0n) is 15.2. The molecule has 1 aliphatic carbocycles. The number of hydrogen-bond donors (Lipinski definition) is 1. The van der Waals surface area contributed by atoms with Gasteiger partial charge < -0.3 is 9.62 Å². The molecule has 1 saturated carbocycles. The first-order valence-electron chi connectivity index (χ1n) is 9.27. The standard InChI is InChI=1S/C21H22Cl2N2OS/c1-21(6-2-7-21)14-10-15(22)12-16(11-14)24-20(26)18-13-17(4-5-19(18)23)25-8-3-9-27-25/h4-5,10-13H,2-3,6-9H2,1H3,(H,24,26). The fourth-order valence-electron chi connectivity index (χ4n) is 3.70. The van der Waals surface area contributed by atoms with E-state index in [0.717, 1.165) is 37.2 Å². The number of carbonyl (C=O) groups is 1. The van der Waals surface area contributed by atoms with Crippen molar-refractivity contribution in [2.24, 2.45) is 0 Å². The predicted molar refractivity (Wildman–Crippen MR) is 116 cm³/mol.